The number of aliphatic hydroxyl groups is 3. The molecular formula is C25H24N2O9. The zero-order chi connectivity index (χ0) is 26.3. The van der Waals surface area contributed by atoms with Crippen molar-refractivity contribution in [1.82, 2.24) is 4.90 Å². The van der Waals surface area contributed by atoms with Crippen molar-refractivity contribution in [1.29, 1.82) is 0 Å². The van der Waals surface area contributed by atoms with Gasteiger partial charge in [0.15, 0.2) is 11.4 Å². The number of allylic oxidation sites excluding steroid dienone is 2. The first kappa shape index (κ1) is 23.7. The molecule has 4 atom stereocenters. The quantitative estimate of drug-likeness (QED) is 0.292. The standard InChI is InChI=1S/C25H24N2O9/c1-9-13-7-11-6-12-10(8-27-15(29)4-5-16(27)30)2-3-14(28)18(12)21(32)17(11)22(33)25(13,36)23(34)19(20(9)31)24(26)35/h2-3,9,11,13,28,31,33,36H,4-8H2,1H3,(H2,26,35)/t9-,11?,13?,25-/m0/s1. The second kappa shape index (κ2) is 7.76. The van der Waals surface area contributed by atoms with E-state index in [2.05, 4.69) is 0 Å². The third-order valence-electron chi connectivity index (χ3n) is 8.00. The third-order valence-corrected chi connectivity index (χ3v) is 8.00. The van der Waals surface area contributed by atoms with Crippen molar-refractivity contribution in [3.63, 3.8) is 0 Å². The lowest BCUT2D eigenvalue weighted by Crippen LogP contribution is -2.59. The van der Waals surface area contributed by atoms with E-state index < -0.39 is 63.7 Å². The fourth-order valence-corrected chi connectivity index (χ4v) is 6.12. The van der Waals surface area contributed by atoms with Crippen LogP contribution in [0.25, 0.3) is 0 Å². The summed E-state index contributed by atoms with van der Waals surface area (Å²) in [7, 11) is 0. The molecule has 0 spiro atoms. The number of rotatable bonds is 3. The summed E-state index contributed by atoms with van der Waals surface area (Å²) < 4.78 is 0. The van der Waals surface area contributed by atoms with E-state index >= 15 is 0 Å². The van der Waals surface area contributed by atoms with Crippen LogP contribution in [0.3, 0.4) is 0 Å². The van der Waals surface area contributed by atoms with Gasteiger partial charge in [0, 0.05) is 30.3 Å². The first-order valence-corrected chi connectivity index (χ1v) is 11.5. The SMILES string of the molecule is C[C@@H]1C(O)=C(C(N)=O)C(=O)[C@@]2(O)C(O)=C3C(=O)c4c(O)ccc(CN5C(=O)CCC5=O)c4CC3CC12. The number of phenols is 1. The number of phenolic OH excluding ortho intramolecular Hbond substituents is 1. The highest BCUT2D eigenvalue weighted by Gasteiger charge is 2.61. The number of aliphatic hydroxyl groups excluding tert-OH is 2. The number of primary amides is 1. The van der Waals surface area contributed by atoms with E-state index in [1.54, 1.807) is 0 Å². The molecule has 11 heteroatoms. The van der Waals surface area contributed by atoms with Gasteiger partial charge in [-0.2, -0.15) is 0 Å². The second-order valence-electron chi connectivity index (χ2n) is 9.81. The van der Waals surface area contributed by atoms with Crippen LogP contribution < -0.4 is 5.73 Å². The molecule has 3 aliphatic carbocycles. The highest BCUT2D eigenvalue weighted by molar-refractivity contribution is 6.24. The number of carbonyl (C=O) groups is 5. The van der Waals surface area contributed by atoms with Crippen LogP contribution >= 0.6 is 0 Å². The number of nitrogens with zero attached hydrogens (tertiary/aromatic N) is 1. The lowest BCUT2D eigenvalue weighted by molar-refractivity contribution is -0.147. The predicted molar refractivity (Wildman–Crippen MR) is 120 cm³/mol. The molecule has 5 rings (SSSR count). The molecule has 36 heavy (non-hydrogen) atoms. The molecule has 0 saturated carbocycles. The molecule has 1 aromatic carbocycles. The Labute approximate surface area is 204 Å². The van der Waals surface area contributed by atoms with Crippen molar-refractivity contribution >= 4 is 29.3 Å². The van der Waals surface area contributed by atoms with E-state index in [0.717, 1.165) is 4.90 Å². The van der Waals surface area contributed by atoms with Gasteiger partial charge in [-0.3, -0.25) is 28.9 Å². The van der Waals surface area contributed by atoms with Crippen molar-refractivity contribution in [3.8, 4) is 5.75 Å². The predicted octanol–water partition coefficient (Wildman–Crippen LogP) is 0.475. The zero-order valence-electron chi connectivity index (χ0n) is 19.3. The van der Waals surface area contributed by atoms with E-state index in [4.69, 9.17) is 5.73 Å². The van der Waals surface area contributed by atoms with Crippen molar-refractivity contribution in [2.45, 2.75) is 44.8 Å². The van der Waals surface area contributed by atoms with E-state index in [-0.39, 0.29) is 55.2 Å². The number of aromatic hydroxyl groups is 1. The van der Waals surface area contributed by atoms with E-state index in [1.165, 1.54) is 19.1 Å². The Morgan fingerprint density at radius 3 is 2.36 bits per heavy atom. The number of carbonyl (C=O) groups excluding carboxylic acids is 5. The summed E-state index contributed by atoms with van der Waals surface area (Å²) in [4.78, 5) is 63.9. The van der Waals surface area contributed by atoms with E-state index in [0.29, 0.717) is 11.1 Å². The Balaban J connectivity index is 1.64. The Bertz CT molecular complexity index is 1340. The highest BCUT2D eigenvalue weighted by Crippen LogP contribution is 2.53. The lowest BCUT2D eigenvalue weighted by Gasteiger charge is -2.48. The van der Waals surface area contributed by atoms with Gasteiger partial charge < -0.3 is 26.2 Å². The van der Waals surface area contributed by atoms with Crippen molar-refractivity contribution in [2.24, 2.45) is 23.5 Å². The van der Waals surface area contributed by atoms with Gasteiger partial charge >= 0.3 is 0 Å². The maximum atomic E-state index is 13.6. The summed E-state index contributed by atoms with van der Waals surface area (Å²) in [5.41, 5.74) is 2.20. The number of ketones is 2. The van der Waals surface area contributed by atoms with Crippen molar-refractivity contribution in [2.75, 3.05) is 0 Å². The number of likely N-dealkylation sites (tertiary alicyclic amines) is 1. The van der Waals surface area contributed by atoms with Crippen molar-refractivity contribution in [3.05, 3.63) is 51.5 Å². The van der Waals surface area contributed by atoms with Gasteiger partial charge in [0.25, 0.3) is 5.91 Å². The molecule has 11 nitrogen and oxygen atoms in total. The monoisotopic (exact) mass is 496 g/mol. The lowest BCUT2D eigenvalue weighted by atomic mass is 9.57. The molecule has 1 heterocycles. The second-order valence-corrected chi connectivity index (χ2v) is 9.81. The zero-order valence-corrected chi connectivity index (χ0v) is 19.3. The molecule has 2 unspecified atom stereocenters. The molecule has 6 N–H and O–H groups in total. The summed E-state index contributed by atoms with van der Waals surface area (Å²) in [6.07, 6.45) is 0.275. The molecule has 1 aromatic rings. The average Bonchev–Trinajstić information content (AvgIpc) is 3.13. The normalized spacial score (nSPS) is 29.9. The minimum Gasteiger partial charge on any atom is -0.511 e. The molecule has 0 aromatic heterocycles. The molecule has 1 fully saturated rings. The van der Waals surface area contributed by atoms with Gasteiger partial charge in [-0.15, -0.1) is 0 Å². The molecular weight excluding hydrogens is 472 g/mol. The third kappa shape index (κ3) is 2.98. The minimum absolute atomic E-state index is 0.0131. The van der Waals surface area contributed by atoms with E-state index in [9.17, 15) is 44.4 Å². The average molecular weight is 496 g/mol. The van der Waals surface area contributed by atoms with Crippen LogP contribution in [0.4, 0.5) is 0 Å². The molecule has 1 aliphatic heterocycles. The van der Waals surface area contributed by atoms with Gasteiger partial charge in [-0.25, -0.2) is 0 Å². The first-order chi connectivity index (χ1) is 16.9. The molecule has 188 valence electrons. The molecule has 4 aliphatic rings. The van der Waals surface area contributed by atoms with Crippen LogP contribution in [0.5, 0.6) is 5.75 Å². The topological polar surface area (TPSA) is 196 Å². The highest BCUT2D eigenvalue weighted by atomic mass is 16.3. The summed E-state index contributed by atoms with van der Waals surface area (Å²) in [5, 5.41) is 43.6. The van der Waals surface area contributed by atoms with Gasteiger partial charge in [-0.1, -0.05) is 13.0 Å². The van der Waals surface area contributed by atoms with Crippen LogP contribution in [0.1, 0.15) is 47.7 Å². The summed E-state index contributed by atoms with van der Waals surface area (Å²) in [6.45, 7) is 1.39. The Morgan fingerprint density at radius 1 is 1.11 bits per heavy atom. The molecule has 0 bridgehead atoms. The molecule has 0 radical (unpaired) electrons. The van der Waals surface area contributed by atoms with Crippen LogP contribution in [0, 0.1) is 17.8 Å². The van der Waals surface area contributed by atoms with Gasteiger partial charge in [-0.05, 0) is 36.0 Å². The number of Topliss-reactive ketones (excluding diaryl/α,β-unsaturated/α-hetero) is 2. The Hall–Kier alpha value is -3.99. The Kier molecular flexibility index (Phi) is 5.11. The van der Waals surface area contributed by atoms with Crippen LogP contribution in [-0.2, 0) is 32.1 Å². The number of nitrogens with two attached hydrogens (primary N) is 1. The maximum absolute atomic E-state index is 13.6. The first-order valence-electron chi connectivity index (χ1n) is 11.5. The maximum Gasteiger partial charge on any atom is 0.255 e. The van der Waals surface area contributed by atoms with Crippen LogP contribution in [0.2, 0.25) is 0 Å². The largest absolute Gasteiger partial charge is 0.511 e. The smallest absolute Gasteiger partial charge is 0.255 e. The summed E-state index contributed by atoms with van der Waals surface area (Å²) in [6, 6.07) is 2.77. The number of hydrogen-bond donors (Lipinski definition) is 5. The minimum atomic E-state index is -2.66. The number of fused-ring (bicyclic) bond motifs is 3. The number of amides is 3. The molecule has 1 saturated heterocycles. The van der Waals surface area contributed by atoms with Gasteiger partial charge in [0.1, 0.15) is 22.8 Å². The number of imide groups is 1. The fourth-order valence-electron chi connectivity index (χ4n) is 6.12. The van der Waals surface area contributed by atoms with Crippen molar-refractivity contribution < 1.29 is 44.4 Å². The van der Waals surface area contributed by atoms with E-state index in [1.807, 2.05) is 0 Å². The van der Waals surface area contributed by atoms with Crippen LogP contribution in [0.15, 0.2) is 34.8 Å². The van der Waals surface area contributed by atoms with Gasteiger partial charge in [0.05, 0.1) is 12.1 Å². The summed E-state index contributed by atoms with van der Waals surface area (Å²) >= 11 is 0. The van der Waals surface area contributed by atoms with Gasteiger partial charge in [0.2, 0.25) is 17.6 Å². The molecule has 3 amide bonds. The fraction of sp³-hybridized carbons (Fsp3) is 0.400. The Morgan fingerprint density at radius 2 is 1.75 bits per heavy atom. The number of hydrogen-bond acceptors (Lipinski definition) is 9. The number of benzene rings is 1. The summed E-state index contributed by atoms with van der Waals surface area (Å²) in [5.74, 6) is -8.71. The van der Waals surface area contributed by atoms with Crippen LogP contribution in [-0.4, -0.2) is 60.2 Å².